The average Bonchev–Trinajstić information content (AvgIpc) is 2.08. The van der Waals surface area contributed by atoms with Crippen LogP contribution in [0, 0.1) is 10.1 Å². The van der Waals surface area contributed by atoms with Crippen molar-refractivity contribution < 1.29 is 19.9 Å². The number of carbonyl (C=O) groups excluding carboxylic acids is 1. The first-order chi connectivity index (χ1) is 6.43. The maximum atomic E-state index is 11.1. The van der Waals surface area contributed by atoms with Crippen LogP contribution in [0.25, 0.3) is 0 Å². The fraction of sp³-hybridized carbons (Fsp3) is 0. The number of halogens is 1. The van der Waals surface area contributed by atoms with E-state index >= 15 is 0 Å². The minimum absolute atomic E-state index is 0.175. The number of aromatic carboxylic acids is 1. The number of nitro groups is 1. The second kappa shape index (κ2) is 3.62. The fourth-order valence-electron chi connectivity index (χ4n) is 0.832. The van der Waals surface area contributed by atoms with Gasteiger partial charge in [0.25, 0.3) is 5.69 Å². The maximum absolute atomic E-state index is 11.1. The van der Waals surface area contributed by atoms with Crippen LogP contribution in [0.3, 0.4) is 0 Å². The number of nitro benzene ring substituents is 1. The summed E-state index contributed by atoms with van der Waals surface area (Å²) in [4.78, 5) is 19.8. The minimum Gasteiger partial charge on any atom is -0.867 e. The highest BCUT2D eigenvalue weighted by molar-refractivity contribution is 9.10. The number of rotatable bonds is 2. The summed E-state index contributed by atoms with van der Waals surface area (Å²) in [5.74, 6) is -2.44. The molecule has 0 atom stereocenters. The lowest BCUT2D eigenvalue weighted by molar-refractivity contribution is -0.398. The number of benzene rings is 1. The zero-order valence-corrected chi connectivity index (χ0v) is 8.11. The van der Waals surface area contributed by atoms with Crippen LogP contribution in [0.2, 0.25) is 0 Å². The lowest BCUT2D eigenvalue weighted by Gasteiger charge is -2.11. The summed E-state index contributed by atoms with van der Waals surface area (Å²) in [5.41, 5.74) is -1.21. The number of nitrogens with zero attached hydrogens (tertiary/aromatic N) is 1. The van der Waals surface area contributed by atoms with Gasteiger partial charge in [-0.15, -0.1) is 0 Å². The van der Waals surface area contributed by atoms with Gasteiger partial charge in [0.05, 0.1) is 10.9 Å². The number of carbonyl (C=O) groups is 1. The Bertz CT molecular complexity index is 417. The molecule has 0 saturated carbocycles. The van der Waals surface area contributed by atoms with E-state index in [2.05, 4.69) is 15.9 Å². The quantitative estimate of drug-likeness (QED) is 0.540. The van der Waals surface area contributed by atoms with E-state index < -0.39 is 27.9 Å². The number of carboxylic acid groups (broad SMARTS) is 1. The number of hydrogen-bond acceptors (Lipinski definition) is 5. The molecule has 1 rings (SSSR count). The van der Waals surface area contributed by atoms with Crippen LogP contribution in [0.4, 0.5) is 5.69 Å². The van der Waals surface area contributed by atoms with E-state index in [0.29, 0.717) is 6.07 Å². The molecule has 0 aromatic heterocycles. The van der Waals surface area contributed by atoms with Gasteiger partial charge < -0.3 is 15.0 Å². The number of carboxylic acids is 1. The molecule has 0 N–H and O–H groups in total. The first-order valence-corrected chi connectivity index (χ1v) is 4.09. The molecule has 0 heterocycles. The molecule has 0 aliphatic carbocycles. The normalized spacial score (nSPS) is 9.79. The van der Waals surface area contributed by atoms with Gasteiger partial charge in [0, 0.05) is 16.1 Å². The summed E-state index contributed by atoms with van der Waals surface area (Å²) in [7, 11) is 0. The van der Waals surface area contributed by atoms with Crippen LogP contribution >= 0.6 is 15.9 Å². The fourth-order valence-corrected chi connectivity index (χ4v) is 1.28. The summed E-state index contributed by atoms with van der Waals surface area (Å²) < 4.78 is -0.175. The van der Waals surface area contributed by atoms with Crippen molar-refractivity contribution in [1.82, 2.24) is 0 Å². The third kappa shape index (κ3) is 1.82. The van der Waals surface area contributed by atoms with Crippen LogP contribution in [-0.2, 0) is 0 Å². The summed E-state index contributed by atoms with van der Waals surface area (Å²) >= 11 is 2.73. The van der Waals surface area contributed by atoms with Gasteiger partial charge in [0.2, 0.25) is 0 Å². The van der Waals surface area contributed by atoms with Crippen LogP contribution in [0.15, 0.2) is 16.6 Å². The SMILES string of the molecule is O=C([O-])c1cc(Br)c([O-])c([N+](=O)[O-])c1. The van der Waals surface area contributed by atoms with Crippen LogP contribution in [0.5, 0.6) is 5.75 Å². The third-order valence-electron chi connectivity index (χ3n) is 1.46. The highest BCUT2D eigenvalue weighted by atomic mass is 79.9. The molecule has 0 aliphatic rings. The lowest BCUT2D eigenvalue weighted by Crippen LogP contribution is -2.22. The molecular formula is C7H2BrNO5-2. The third-order valence-corrected chi connectivity index (χ3v) is 2.05. The van der Waals surface area contributed by atoms with Crippen molar-refractivity contribution in [3.8, 4) is 5.75 Å². The van der Waals surface area contributed by atoms with Crippen molar-refractivity contribution >= 4 is 27.6 Å². The van der Waals surface area contributed by atoms with E-state index in [-0.39, 0.29) is 4.47 Å². The van der Waals surface area contributed by atoms with Crippen molar-refractivity contribution in [3.05, 3.63) is 32.3 Å². The van der Waals surface area contributed by atoms with Crippen molar-refractivity contribution in [2.24, 2.45) is 0 Å². The van der Waals surface area contributed by atoms with Crippen LogP contribution < -0.4 is 10.2 Å². The second-order valence-electron chi connectivity index (χ2n) is 2.35. The smallest absolute Gasteiger partial charge is 0.263 e. The summed E-state index contributed by atoms with van der Waals surface area (Å²) in [5, 5.41) is 31.8. The van der Waals surface area contributed by atoms with Gasteiger partial charge in [-0.25, -0.2) is 0 Å². The molecule has 6 nitrogen and oxygen atoms in total. The van der Waals surface area contributed by atoms with Crippen LogP contribution in [0.1, 0.15) is 10.4 Å². The molecular weight excluding hydrogens is 258 g/mol. The largest absolute Gasteiger partial charge is 0.867 e. The van der Waals surface area contributed by atoms with E-state index in [1.54, 1.807) is 0 Å². The van der Waals surface area contributed by atoms with E-state index in [0.717, 1.165) is 6.07 Å². The first-order valence-electron chi connectivity index (χ1n) is 3.29. The Kier molecular flexibility index (Phi) is 2.70. The molecule has 0 unspecified atom stereocenters. The summed E-state index contributed by atoms with van der Waals surface area (Å²) in [6, 6.07) is 1.63. The van der Waals surface area contributed by atoms with Gasteiger partial charge in [0.1, 0.15) is 0 Å². The Hall–Kier alpha value is -1.63. The second-order valence-corrected chi connectivity index (χ2v) is 3.21. The highest BCUT2D eigenvalue weighted by Gasteiger charge is 2.11. The zero-order chi connectivity index (χ0) is 10.9. The Balaban J connectivity index is 3.43. The molecule has 0 spiro atoms. The molecule has 0 bridgehead atoms. The van der Waals surface area contributed by atoms with Gasteiger partial charge in [-0.3, -0.25) is 10.1 Å². The monoisotopic (exact) mass is 259 g/mol. The molecule has 7 heteroatoms. The average molecular weight is 260 g/mol. The standard InChI is InChI=1S/C7H4BrNO5/c8-4-1-3(7(11)12)2-5(6(4)10)9(13)14/h1-2,10H,(H,11,12)/p-2. The van der Waals surface area contributed by atoms with Crippen LogP contribution in [-0.4, -0.2) is 10.9 Å². The van der Waals surface area contributed by atoms with Gasteiger partial charge >= 0.3 is 0 Å². The first kappa shape index (κ1) is 10.5. The van der Waals surface area contributed by atoms with Crippen molar-refractivity contribution in [3.63, 3.8) is 0 Å². The minimum atomic E-state index is -1.58. The Morgan fingerprint density at radius 2 is 2.00 bits per heavy atom. The Morgan fingerprint density at radius 3 is 2.43 bits per heavy atom. The molecule has 1 aromatic carbocycles. The highest BCUT2D eigenvalue weighted by Crippen LogP contribution is 2.32. The molecule has 0 saturated heterocycles. The molecule has 1 aromatic rings. The van der Waals surface area contributed by atoms with Crippen molar-refractivity contribution in [2.75, 3.05) is 0 Å². The predicted molar refractivity (Wildman–Crippen MR) is 44.6 cm³/mol. The molecule has 0 radical (unpaired) electrons. The molecule has 0 aliphatic heterocycles. The van der Waals surface area contributed by atoms with E-state index in [1.807, 2.05) is 0 Å². The molecule has 0 fully saturated rings. The van der Waals surface area contributed by atoms with E-state index in [4.69, 9.17) is 0 Å². The predicted octanol–water partition coefficient (Wildman–Crippen LogP) is -0.206. The van der Waals surface area contributed by atoms with Crippen molar-refractivity contribution in [2.45, 2.75) is 0 Å². The number of hydrogen-bond donors (Lipinski definition) is 0. The molecule has 74 valence electrons. The van der Waals surface area contributed by atoms with Gasteiger partial charge in [0.15, 0.2) is 0 Å². The van der Waals surface area contributed by atoms with Gasteiger partial charge in [-0.2, -0.15) is 0 Å². The molecule has 0 amide bonds. The van der Waals surface area contributed by atoms with E-state index in [9.17, 15) is 25.1 Å². The van der Waals surface area contributed by atoms with Crippen molar-refractivity contribution in [1.29, 1.82) is 0 Å². The topological polar surface area (TPSA) is 106 Å². The van der Waals surface area contributed by atoms with Gasteiger partial charge in [-0.05, 0) is 11.8 Å². The Morgan fingerprint density at radius 1 is 1.43 bits per heavy atom. The zero-order valence-electron chi connectivity index (χ0n) is 6.52. The summed E-state index contributed by atoms with van der Waals surface area (Å²) in [6.45, 7) is 0. The molecule has 14 heavy (non-hydrogen) atoms. The Labute approximate surface area is 86.1 Å². The van der Waals surface area contributed by atoms with E-state index in [1.165, 1.54) is 0 Å². The lowest BCUT2D eigenvalue weighted by atomic mass is 10.2. The maximum Gasteiger partial charge on any atom is 0.263 e. The summed E-state index contributed by atoms with van der Waals surface area (Å²) in [6.07, 6.45) is 0. The van der Waals surface area contributed by atoms with Gasteiger partial charge in [-0.1, -0.05) is 15.9 Å².